The van der Waals surface area contributed by atoms with Crippen molar-refractivity contribution in [2.24, 2.45) is 0 Å². The second kappa shape index (κ2) is 21.9. The molecule has 0 N–H and O–H groups in total. The van der Waals surface area contributed by atoms with Crippen LogP contribution in [0.15, 0.2) is 291 Å². The van der Waals surface area contributed by atoms with Gasteiger partial charge < -0.3 is 56.8 Å². The summed E-state index contributed by atoms with van der Waals surface area (Å²) in [5, 5.41) is 0. The Hall–Kier alpha value is -13.7. The molecule has 108 heavy (non-hydrogen) atoms. The Morgan fingerprint density at radius 1 is 0.120 bits per heavy atom. The average molecular weight is 1390 g/mol. The molecule has 0 unspecified atom stereocenters. The summed E-state index contributed by atoms with van der Waals surface area (Å²) in [5.41, 5.74) is 19.6. The normalized spacial score (nSPS) is 14.3. The van der Waals surface area contributed by atoms with Crippen LogP contribution in [0.4, 0.5) is 0 Å². The predicted molar refractivity (Wildman–Crippen MR) is 425 cm³/mol. The van der Waals surface area contributed by atoms with Gasteiger partial charge in [-0.3, -0.25) is 0 Å². The zero-order valence-electron chi connectivity index (χ0n) is 57.1. The smallest absolute Gasteiger partial charge is 0.265 e. The summed E-state index contributed by atoms with van der Waals surface area (Å²) in [6.45, 7) is -0.108. The molecular weight excluding hydrogens is 1340 g/mol. The molecule has 18 heteroatoms. The largest absolute Gasteiger partial charge is 0.459 e. The van der Waals surface area contributed by atoms with Crippen LogP contribution in [0.1, 0.15) is 0 Å². The molecule has 0 saturated carbocycles. The highest BCUT2D eigenvalue weighted by molar-refractivity contribution is 7.03. The third-order valence-corrected chi connectivity index (χ3v) is 23.2. The zero-order valence-corrected chi connectivity index (χ0v) is 57.1. The van der Waals surface area contributed by atoms with Gasteiger partial charge >= 0.3 is 0 Å². The first-order chi connectivity index (χ1) is 53.5. The molecule has 15 aromatic rings. The minimum atomic E-state index is -0.0559. The van der Waals surface area contributed by atoms with Crippen LogP contribution in [0.25, 0.3) is 0 Å². The number of benzene rings is 15. The maximum absolute atomic E-state index is 6.76. The van der Waals surface area contributed by atoms with Crippen molar-refractivity contribution < 1.29 is 56.8 Å². The molecule has 12 heterocycles. The van der Waals surface area contributed by atoms with E-state index in [1.807, 2.05) is 170 Å². The maximum atomic E-state index is 6.76. The Bertz CT molecular complexity index is 6080. The van der Waals surface area contributed by atoms with Gasteiger partial charge in [-0.15, -0.1) is 0 Å². The molecule has 12 aliphatic rings. The van der Waals surface area contributed by atoms with E-state index in [4.69, 9.17) is 56.8 Å². The Morgan fingerprint density at radius 2 is 0.333 bits per heavy atom. The second-order valence-corrected chi connectivity index (χ2v) is 28.8. The third-order valence-electron chi connectivity index (χ3n) is 23.2. The molecule has 0 fully saturated rings. The van der Waals surface area contributed by atoms with E-state index < -0.39 is 0 Å². The lowest BCUT2D eigenvalue weighted by molar-refractivity contribution is 0.396. The molecule has 0 aromatic heterocycles. The molecule has 0 saturated heterocycles. The van der Waals surface area contributed by atoms with E-state index in [0.29, 0.717) is 23.0 Å². The van der Waals surface area contributed by atoms with Gasteiger partial charge in [0, 0.05) is 44.3 Å². The summed E-state index contributed by atoms with van der Waals surface area (Å²) < 4.78 is 78.0. The lowest BCUT2D eigenvalue weighted by Gasteiger charge is -2.40. The summed E-state index contributed by atoms with van der Waals surface area (Å²) in [5.74, 6) is 19.7. The number of hydrogen-bond acceptors (Lipinski definition) is 12. The minimum Gasteiger partial charge on any atom is -0.459 e. The highest BCUT2D eigenvalue weighted by atomic mass is 16.5. The summed E-state index contributed by atoms with van der Waals surface area (Å²) >= 11 is 0. The van der Waals surface area contributed by atoms with Crippen LogP contribution in [-0.2, 0) is 0 Å². The molecule has 12 aliphatic heterocycles. The molecule has 12 nitrogen and oxygen atoms in total. The van der Waals surface area contributed by atoms with Crippen molar-refractivity contribution in [2.45, 2.75) is 0 Å². The monoisotopic (exact) mass is 1390 g/mol. The summed E-state index contributed by atoms with van der Waals surface area (Å²) in [6, 6.07) is 98.8. The Kier molecular flexibility index (Phi) is 11.9. The number of hydrogen-bond donors (Lipinski definition) is 0. The van der Waals surface area contributed by atoms with E-state index in [0.717, 1.165) is 213 Å². The molecule has 0 aliphatic carbocycles. The van der Waals surface area contributed by atoms with E-state index in [1.54, 1.807) is 0 Å². The van der Waals surface area contributed by atoms with Gasteiger partial charge in [-0.1, -0.05) is 182 Å². The van der Waals surface area contributed by atoms with E-state index in [-0.39, 0.29) is 40.3 Å². The van der Waals surface area contributed by atoms with Crippen molar-refractivity contribution in [1.29, 1.82) is 0 Å². The van der Waals surface area contributed by atoms with Gasteiger partial charge in [-0.2, -0.15) is 0 Å². The number of ether oxygens (including phenoxy) is 12. The highest BCUT2D eigenvalue weighted by Gasteiger charge is 2.53. The van der Waals surface area contributed by atoms with Crippen LogP contribution in [0, 0.1) is 0 Å². The van der Waals surface area contributed by atoms with Crippen molar-refractivity contribution in [3.63, 3.8) is 0 Å². The predicted octanol–water partition coefficient (Wildman–Crippen LogP) is 9.43. The third kappa shape index (κ3) is 8.15. The number of para-hydroxylation sites is 8. The molecule has 27 rings (SSSR count). The fraction of sp³-hybridized carbons (Fsp3) is 0. The van der Waals surface area contributed by atoms with Crippen LogP contribution < -0.4 is 155 Å². The summed E-state index contributed by atoms with van der Waals surface area (Å²) in [7, 11) is 0. The Labute approximate surface area is 620 Å². The maximum Gasteiger partial charge on any atom is 0.265 e. The molecule has 0 bridgehead atoms. The van der Waals surface area contributed by atoms with Crippen LogP contribution in [0.5, 0.6) is 138 Å². The van der Waals surface area contributed by atoms with E-state index >= 15 is 0 Å². The molecule has 498 valence electrons. The standard InChI is InChI=1S/3C30H16B2O4/c1-5-13-21-17(9-1)31-18-10-2-6-14-22(18)34-28-25(31)27(33-21)29-26-30(28)36-24-16-8-4-12-20(24)32(26)19-11-3-7-15-23(19)35-29;1-3-9-20-17(7-1)31-19-15-16-26-29(30(19)36-25-14-6-11-22(33-20)27(25)31)32-18-8-2-4-10-21(18)34-23-12-5-13-24(35-26)28(23)32;1-3-9-21-17(7-1)31-19-15-20-28(16-27(19)35-25-13-5-11-23(33-21)29(25)31)36-26-14-6-12-24-30(26)32(20)18-8-2-4-10-22(18)34-24/h3*1-16H. The molecular formula is C90H48B6O12. The highest BCUT2D eigenvalue weighted by Crippen LogP contribution is 2.50. The summed E-state index contributed by atoms with van der Waals surface area (Å²) in [6.07, 6.45) is 0. The molecule has 0 radical (unpaired) electrons. The van der Waals surface area contributed by atoms with Crippen LogP contribution in [0.2, 0.25) is 0 Å². The van der Waals surface area contributed by atoms with Crippen molar-refractivity contribution in [1.82, 2.24) is 0 Å². The van der Waals surface area contributed by atoms with Crippen molar-refractivity contribution in [3.8, 4) is 138 Å². The average Bonchev–Trinajstić information content (AvgIpc) is 0.679. The second-order valence-electron chi connectivity index (χ2n) is 28.8. The zero-order chi connectivity index (χ0) is 70.1. The quantitative estimate of drug-likeness (QED) is 0.135. The Balaban J connectivity index is 0.0000000931. The van der Waals surface area contributed by atoms with Gasteiger partial charge in [0.1, 0.15) is 115 Å². The van der Waals surface area contributed by atoms with E-state index in [9.17, 15) is 0 Å². The van der Waals surface area contributed by atoms with Gasteiger partial charge in [0.15, 0.2) is 23.0 Å². The first kappa shape index (κ1) is 58.6. The molecule has 0 atom stereocenters. The van der Waals surface area contributed by atoms with E-state index in [2.05, 4.69) is 121 Å². The van der Waals surface area contributed by atoms with Crippen molar-refractivity contribution in [3.05, 3.63) is 291 Å². The summed E-state index contributed by atoms with van der Waals surface area (Å²) in [4.78, 5) is 0. The van der Waals surface area contributed by atoms with Crippen molar-refractivity contribution >= 4 is 139 Å². The first-order valence-corrected chi connectivity index (χ1v) is 36.5. The number of fused-ring (bicyclic) bond motifs is 27. The van der Waals surface area contributed by atoms with Crippen molar-refractivity contribution in [2.75, 3.05) is 0 Å². The van der Waals surface area contributed by atoms with Gasteiger partial charge in [0.05, 0.1) is 0 Å². The first-order valence-electron chi connectivity index (χ1n) is 36.5. The van der Waals surface area contributed by atoms with Gasteiger partial charge in [-0.25, -0.2) is 0 Å². The van der Waals surface area contributed by atoms with Gasteiger partial charge in [-0.05, 0) is 163 Å². The lowest BCUT2D eigenvalue weighted by atomic mass is 9.31. The van der Waals surface area contributed by atoms with Crippen LogP contribution in [-0.4, -0.2) is 40.3 Å². The fourth-order valence-corrected chi connectivity index (χ4v) is 18.8. The molecule has 0 spiro atoms. The molecule has 15 aromatic carbocycles. The van der Waals surface area contributed by atoms with E-state index in [1.165, 1.54) is 0 Å². The fourth-order valence-electron chi connectivity index (χ4n) is 18.8. The van der Waals surface area contributed by atoms with Gasteiger partial charge in [0.25, 0.3) is 40.3 Å². The lowest BCUT2D eigenvalue weighted by Crippen LogP contribution is -2.62. The van der Waals surface area contributed by atoms with Crippen LogP contribution in [0.3, 0.4) is 0 Å². The van der Waals surface area contributed by atoms with Crippen LogP contribution >= 0.6 is 0 Å². The van der Waals surface area contributed by atoms with Gasteiger partial charge in [0.2, 0.25) is 0 Å². The molecule has 0 amide bonds. The SMILES string of the molecule is c1ccc2c(c1)Oc1c3c4c(c5c1B2c1ccccc1O5)Oc1ccccc1B4c1ccccc1O3.c1ccc2c(c1)Oc1cccc3c1B2c1cc2c(cc1O3)Oc1cccc3c1B2c1ccccc1O3.c1ccc2c(c1)Oc1cccc3c1B2c1ccc2c(c1O3)B1c3ccccc3Oc3cccc(c31)O2. The topological polar surface area (TPSA) is 111 Å². The Morgan fingerprint density at radius 3 is 0.657 bits per heavy atom. The number of rotatable bonds is 0. The minimum absolute atomic E-state index is 0.0157.